The Morgan fingerprint density at radius 3 is 1.83 bits per heavy atom. The Kier molecular flexibility index (Phi) is 24.2. The van der Waals surface area contributed by atoms with E-state index in [-0.39, 0.29) is 44.0 Å². The molecule has 3 aliphatic heterocycles. The lowest BCUT2D eigenvalue weighted by atomic mass is 9.69. The number of ether oxygens (including phenoxy) is 12. The Morgan fingerprint density at radius 1 is 0.675 bits per heavy atom. The number of ketones is 2. The summed E-state index contributed by atoms with van der Waals surface area (Å²) in [6.07, 6.45) is -13.5. The van der Waals surface area contributed by atoms with E-state index in [1.807, 2.05) is 41.5 Å². The average Bonchev–Trinajstić information content (AvgIpc) is 3.32. The van der Waals surface area contributed by atoms with E-state index in [9.17, 15) is 29.4 Å². The minimum Gasteiger partial charge on any atom is -0.461 e. The summed E-state index contributed by atoms with van der Waals surface area (Å²) < 4.78 is 74.3. The van der Waals surface area contributed by atoms with Gasteiger partial charge in [0.1, 0.15) is 35.3 Å². The standard InChI is InChI=1S/C56H93NO20/c1-26(2)20-42(62)75-45-30(6)39(28(4)25-68-53-50(67-19)49(66-18)47(34(10)71-53)72-36(12)58)22-41(61)31(7)46(76-43-24-56(16,65)52(35(11)70-43)74-38(14)60)32(8)44(27(3)23-55(15,64)51(63)33(45)9)77-54-48(73-37(13)59)40(57-17)21-29(5)69-54/h26-35,39,43-50,52-54,64-65H,20-25H2,1-19H3/t27-,28-,29+,30-,31-,32+,33+,34+,35-,39+,43-,44-,45+,46+,47+,48+,49+,50+,52-,53+,54-,55-,56+/m0/s1. The molecule has 23 atom stereocenters. The van der Waals surface area contributed by atoms with E-state index in [0.717, 1.165) is 0 Å². The first-order chi connectivity index (χ1) is 35.8. The summed E-state index contributed by atoms with van der Waals surface area (Å²) in [6, 6.07) is 0. The van der Waals surface area contributed by atoms with Crippen molar-refractivity contribution in [1.82, 2.24) is 0 Å². The molecule has 0 spiro atoms. The van der Waals surface area contributed by atoms with Crippen LogP contribution in [0.1, 0.15) is 143 Å². The van der Waals surface area contributed by atoms with Crippen molar-refractivity contribution in [2.24, 2.45) is 52.3 Å². The third-order valence-corrected chi connectivity index (χ3v) is 16.0. The fraction of sp³-hybridized carbons (Fsp3) is 0.875. The van der Waals surface area contributed by atoms with E-state index in [1.54, 1.807) is 41.7 Å². The van der Waals surface area contributed by atoms with Gasteiger partial charge in [0.05, 0.1) is 48.8 Å². The molecule has 4 rings (SSSR count). The molecule has 21 heteroatoms. The van der Waals surface area contributed by atoms with E-state index in [4.69, 9.17) is 56.8 Å². The summed E-state index contributed by atoms with van der Waals surface area (Å²) in [5.74, 6) is -8.89. The number of carbonyl (C=O) groups excluding carboxylic acids is 6. The Hall–Kier alpha value is -3.51. The van der Waals surface area contributed by atoms with Crippen molar-refractivity contribution in [2.45, 2.75) is 240 Å². The predicted molar refractivity (Wildman–Crippen MR) is 278 cm³/mol. The molecule has 0 unspecified atom stereocenters. The molecule has 0 aromatic carbocycles. The van der Waals surface area contributed by atoms with E-state index < -0.39 is 168 Å². The number of Topliss-reactive ketones (excluding diaryl/α,β-unsaturated/α-hetero) is 2. The Bertz CT molecular complexity index is 2030. The van der Waals surface area contributed by atoms with Gasteiger partial charge in [0, 0.05) is 79.6 Å². The molecule has 0 bridgehead atoms. The Morgan fingerprint density at radius 2 is 1.29 bits per heavy atom. The van der Waals surface area contributed by atoms with Crippen molar-refractivity contribution in [3.05, 3.63) is 0 Å². The van der Waals surface area contributed by atoms with E-state index in [2.05, 4.69) is 4.99 Å². The molecule has 2 N–H and O–H groups in total. The Labute approximate surface area is 456 Å². The molecular weight excluding hydrogens is 1010 g/mol. The summed E-state index contributed by atoms with van der Waals surface area (Å²) in [6.45, 7) is 26.2. The highest BCUT2D eigenvalue weighted by molar-refractivity contribution is 5.92. The molecule has 442 valence electrons. The van der Waals surface area contributed by atoms with Gasteiger partial charge < -0.3 is 67.1 Å². The lowest BCUT2D eigenvalue weighted by Crippen LogP contribution is -2.60. The highest BCUT2D eigenvalue weighted by Gasteiger charge is 2.53. The molecule has 0 aromatic heterocycles. The van der Waals surface area contributed by atoms with Crippen LogP contribution in [0, 0.1) is 47.3 Å². The quantitative estimate of drug-likeness (QED) is 0.143. The number of nitrogens with zero attached hydrogens (tertiary/aromatic N) is 1. The van der Waals surface area contributed by atoms with Crippen molar-refractivity contribution in [1.29, 1.82) is 0 Å². The second-order valence-electron chi connectivity index (χ2n) is 23.3. The van der Waals surface area contributed by atoms with Gasteiger partial charge in [-0.15, -0.1) is 0 Å². The molecule has 0 amide bonds. The summed E-state index contributed by atoms with van der Waals surface area (Å²) in [7, 11) is 4.50. The monoisotopic (exact) mass is 1100 g/mol. The van der Waals surface area contributed by atoms with Crippen LogP contribution in [0.2, 0.25) is 0 Å². The van der Waals surface area contributed by atoms with Gasteiger partial charge in [-0.2, -0.15) is 0 Å². The van der Waals surface area contributed by atoms with Gasteiger partial charge in [0.15, 0.2) is 36.7 Å². The number of hydrogen-bond acceptors (Lipinski definition) is 21. The topological polar surface area (TPSA) is 266 Å². The molecule has 4 fully saturated rings. The minimum absolute atomic E-state index is 0.0361. The number of carbonyl (C=O) groups is 6. The lowest BCUT2D eigenvalue weighted by molar-refractivity contribution is -0.306. The van der Waals surface area contributed by atoms with Crippen LogP contribution in [-0.4, -0.2) is 176 Å². The normalized spacial score (nSPS) is 41.8. The molecule has 0 radical (unpaired) electrons. The highest BCUT2D eigenvalue weighted by atomic mass is 16.7. The maximum Gasteiger partial charge on any atom is 0.306 e. The zero-order chi connectivity index (χ0) is 58.2. The number of aliphatic imine (C=N–C) groups is 1. The zero-order valence-electron chi connectivity index (χ0n) is 49.1. The lowest BCUT2D eigenvalue weighted by Gasteiger charge is -2.47. The molecular formula is C56H93NO20. The Balaban J connectivity index is 1.91. The summed E-state index contributed by atoms with van der Waals surface area (Å²) >= 11 is 0. The van der Waals surface area contributed by atoms with Crippen LogP contribution in [0.4, 0.5) is 0 Å². The number of hydrogen-bond donors (Lipinski definition) is 2. The number of rotatable bonds is 16. The number of esters is 4. The van der Waals surface area contributed by atoms with Gasteiger partial charge in [0.2, 0.25) is 6.29 Å². The highest BCUT2D eigenvalue weighted by Crippen LogP contribution is 2.42. The van der Waals surface area contributed by atoms with Gasteiger partial charge in [-0.3, -0.25) is 33.8 Å². The van der Waals surface area contributed by atoms with Crippen LogP contribution in [0.15, 0.2) is 4.99 Å². The fourth-order valence-corrected chi connectivity index (χ4v) is 12.1. The van der Waals surface area contributed by atoms with Gasteiger partial charge >= 0.3 is 23.9 Å². The molecule has 3 heterocycles. The van der Waals surface area contributed by atoms with E-state index in [1.165, 1.54) is 48.8 Å². The second kappa shape index (κ2) is 28.3. The first-order valence-electron chi connectivity index (χ1n) is 27.4. The zero-order valence-corrected chi connectivity index (χ0v) is 49.1. The largest absolute Gasteiger partial charge is 0.461 e. The van der Waals surface area contributed by atoms with Crippen LogP contribution in [-0.2, 0) is 85.6 Å². The van der Waals surface area contributed by atoms with Crippen molar-refractivity contribution in [3.8, 4) is 0 Å². The third-order valence-electron chi connectivity index (χ3n) is 16.0. The third kappa shape index (κ3) is 17.0. The first-order valence-corrected chi connectivity index (χ1v) is 27.4. The first kappa shape index (κ1) is 66.0. The van der Waals surface area contributed by atoms with Crippen molar-refractivity contribution >= 4 is 41.2 Å². The van der Waals surface area contributed by atoms with Crippen molar-refractivity contribution in [3.63, 3.8) is 0 Å². The van der Waals surface area contributed by atoms with Crippen molar-refractivity contribution in [2.75, 3.05) is 27.9 Å². The van der Waals surface area contributed by atoms with Gasteiger partial charge in [-0.1, -0.05) is 55.4 Å². The van der Waals surface area contributed by atoms with Gasteiger partial charge in [-0.25, -0.2) is 0 Å². The summed E-state index contributed by atoms with van der Waals surface area (Å²) in [5, 5.41) is 24.4. The molecule has 21 nitrogen and oxygen atoms in total. The second-order valence-corrected chi connectivity index (χ2v) is 23.3. The van der Waals surface area contributed by atoms with Crippen LogP contribution in [0.3, 0.4) is 0 Å². The molecule has 0 aromatic rings. The smallest absolute Gasteiger partial charge is 0.306 e. The van der Waals surface area contributed by atoms with Gasteiger partial charge in [0.25, 0.3) is 0 Å². The van der Waals surface area contributed by atoms with Crippen LogP contribution in [0.25, 0.3) is 0 Å². The average molecular weight is 1100 g/mol. The molecule has 3 saturated heterocycles. The maximum absolute atomic E-state index is 15.5. The fourth-order valence-electron chi connectivity index (χ4n) is 12.1. The summed E-state index contributed by atoms with van der Waals surface area (Å²) in [4.78, 5) is 85.7. The molecule has 1 aliphatic carbocycles. The van der Waals surface area contributed by atoms with E-state index >= 15 is 9.59 Å². The maximum atomic E-state index is 15.5. The van der Waals surface area contributed by atoms with Gasteiger partial charge in [-0.05, 0) is 70.6 Å². The molecule has 4 aliphatic rings. The predicted octanol–water partition coefficient (Wildman–Crippen LogP) is 5.51. The van der Waals surface area contributed by atoms with Crippen LogP contribution >= 0.6 is 0 Å². The summed E-state index contributed by atoms with van der Waals surface area (Å²) in [5.41, 5.74) is -3.21. The SMILES string of the molecule is CN=C1C[C@@H](C)O[C@@H](O[C@@H]2[C@@H](C)[C@H](O[C@H]3C[C@@](C)(O)[C@@H](OC(C)=O)[C@H](C)O3)[C@@H](C)C(=O)C[C@H]([C@@H](C)CO[C@@H]3O[C@H](C)[C@@H](OC(C)=O)[C@@H](OC)[C@H]3OC)[C@H](C)[C@@H](OC(=O)CC(C)C)[C@@H](C)C(=O)[C@@](C)(O)C[C@@H]2C)[C@@H]1OC(C)=O. The van der Waals surface area contributed by atoms with Crippen LogP contribution in [0.5, 0.6) is 0 Å². The minimum atomic E-state index is -2.07. The molecule has 1 saturated carbocycles. The van der Waals surface area contributed by atoms with E-state index in [0.29, 0.717) is 12.1 Å². The van der Waals surface area contributed by atoms with Crippen LogP contribution < -0.4 is 0 Å². The number of methoxy groups -OCH3 is 2. The number of aliphatic hydroxyl groups is 2. The van der Waals surface area contributed by atoms with Crippen molar-refractivity contribution < 1.29 is 95.8 Å². The molecule has 77 heavy (non-hydrogen) atoms.